The highest BCUT2D eigenvalue weighted by Crippen LogP contribution is 2.30. The highest BCUT2D eigenvalue weighted by atomic mass is 32.2. The predicted molar refractivity (Wildman–Crippen MR) is 152 cm³/mol. The van der Waals surface area contributed by atoms with E-state index < -0.39 is 10.0 Å². The Hall–Kier alpha value is -4.09. The van der Waals surface area contributed by atoms with Crippen LogP contribution in [-0.2, 0) is 23.7 Å². The Balaban J connectivity index is 1.16. The summed E-state index contributed by atoms with van der Waals surface area (Å²) in [5.74, 6) is 3.26. The number of nitrogens with zero attached hydrogens (tertiary/aromatic N) is 4. The van der Waals surface area contributed by atoms with E-state index in [-0.39, 0.29) is 10.8 Å². The number of methoxy groups -OCH3 is 2. The summed E-state index contributed by atoms with van der Waals surface area (Å²) < 4.78 is 46.5. The zero-order valence-electron chi connectivity index (χ0n) is 22.8. The molecule has 1 aliphatic heterocycles. The zero-order chi connectivity index (χ0) is 28.1. The fraction of sp³-hybridized carbons (Fsp3) is 0.310. The van der Waals surface area contributed by atoms with Crippen molar-refractivity contribution in [3.05, 3.63) is 84.4 Å². The quantitative estimate of drug-likeness (QED) is 0.295. The number of ether oxygens (including phenoxy) is 3. The topological polar surface area (TPSA) is 108 Å². The lowest BCUT2D eigenvalue weighted by Gasteiger charge is -2.30. The van der Waals surface area contributed by atoms with Crippen LogP contribution < -0.4 is 19.5 Å². The van der Waals surface area contributed by atoms with Gasteiger partial charge in [0.2, 0.25) is 10.0 Å². The first-order valence-corrected chi connectivity index (χ1v) is 14.5. The minimum absolute atomic E-state index is 0.215. The summed E-state index contributed by atoms with van der Waals surface area (Å²) in [4.78, 5) is 0.285. The first-order valence-electron chi connectivity index (χ1n) is 13.0. The SMILES string of the molecule is COc1cc(COc2ccc(Nc3ccc(S(=O)(=O)N4CCC(c5nncn5C)CC4)cc3)cc2)cc(OC)c1. The molecule has 2 heterocycles. The van der Waals surface area contributed by atoms with Gasteiger partial charge in [0.1, 0.15) is 36.0 Å². The Morgan fingerprint density at radius 3 is 2.02 bits per heavy atom. The molecule has 1 aliphatic rings. The molecular formula is C29H33N5O5S. The van der Waals surface area contributed by atoms with Crippen molar-refractivity contribution in [1.82, 2.24) is 19.1 Å². The maximum Gasteiger partial charge on any atom is 0.243 e. The molecule has 0 aliphatic carbocycles. The van der Waals surface area contributed by atoms with Gasteiger partial charge in [-0.15, -0.1) is 10.2 Å². The molecule has 1 fully saturated rings. The van der Waals surface area contributed by atoms with E-state index in [2.05, 4.69) is 15.5 Å². The van der Waals surface area contributed by atoms with E-state index in [0.717, 1.165) is 41.4 Å². The van der Waals surface area contributed by atoms with E-state index >= 15 is 0 Å². The largest absolute Gasteiger partial charge is 0.497 e. The molecule has 0 amide bonds. The first-order chi connectivity index (χ1) is 19.4. The lowest BCUT2D eigenvalue weighted by molar-refractivity contribution is 0.304. The fourth-order valence-corrected chi connectivity index (χ4v) is 6.26. The van der Waals surface area contributed by atoms with Crippen LogP contribution in [0.3, 0.4) is 0 Å². The van der Waals surface area contributed by atoms with Crippen LogP contribution in [0, 0.1) is 0 Å². The Morgan fingerprint density at radius 2 is 1.48 bits per heavy atom. The normalized spacial score (nSPS) is 14.6. The van der Waals surface area contributed by atoms with E-state index in [4.69, 9.17) is 14.2 Å². The van der Waals surface area contributed by atoms with Gasteiger partial charge in [-0.1, -0.05) is 0 Å². The van der Waals surface area contributed by atoms with Crippen LogP contribution in [0.1, 0.15) is 30.1 Å². The lowest BCUT2D eigenvalue weighted by atomic mass is 9.97. The standard InChI is InChI=1S/C29H33N5O5S/c1-33-20-30-32-29(33)22-12-14-34(15-13-22)40(35,36)28-10-6-24(7-11-28)31-23-4-8-25(9-5-23)39-19-21-16-26(37-2)18-27(17-21)38-3/h4-11,16-18,20,22,31H,12-15,19H2,1-3H3. The Bertz CT molecular complexity index is 1510. The van der Waals surface area contributed by atoms with Crippen molar-refractivity contribution in [1.29, 1.82) is 0 Å². The van der Waals surface area contributed by atoms with E-state index in [1.165, 1.54) is 0 Å². The molecule has 5 rings (SSSR count). The highest BCUT2D eigenvalue weighted by molar-refractivity contribution is 7.89. The van der Waals surface area contributed by atoms with Gasteiger partial charge < -0.3 is 24.1 Å². The molecule has 0 radical (unpaired) electrons. The van der Waals surface area contributed by atoms with Crippen molar-refractivity contribution in [2.45, 2.75) is 30.3 Å². The van der Waals surface area contributed by atoms with Gasteiger partial charge in [0.25, 0.3) is 0 Å². The molecule has 4 aromatic rings. The molecule has 3 aromatic carbocycles. The maximum absolute atomic E-state index is 13.2. The number of hydrogen-bond acceptors (Lipinski definition) is 8. The molecule has 11 heteroatoms. The van der Waals surface area contributed by atoms with Gasteiger partial charge in [-0.3, -0.25) is 0 Å². The van der Waals surface area contributed by atoms with Crippen LogP contribution in [0.2, 0.25) is 0 Å². The van der Waals surface area contributed by atoms with Crippen molar-refractivity contribution in [2.24, 2.45) is 7.05 Å². The molecule has 10 nitrogen and oxygen atoms in total. The predicted octanol–water partition coefficient (Wildman–Crippen LogP) is 4.72. The van der Waals surface area contributed by atoms with Crippen LogP contribution >= 0.6 is 0 Å². The molecule has 0 spiro atoms. The Morgan fingerprint density at radius 1 is 0.875 bits per heavy atom. The van der Waals surface area contributed by atoms with Gasteiger partial charge in [0.15, 0.2) is 0 Å². The van der Waals surface area contributed by atoms with Crippen LogP contribution in [0.4, 0.5) is 11.4 Å². The van der Waals surface area contributed by atoms with Crippen molar-refractivity contribution in [3.63, 3.8) is 0 Å². The van der Waals surface area contributed by atoms with Crippen molar-refractivity contribution in [3.8, 4) is 17.2 Å². The van der Waals surface area contributed by atoms with Crippen LogP contribution in [0.5, 0.6) is 17.2 Å². The van der Waals surface area contributed by atoms with Crippen LogP contribution in [0.25, 0.3) is 0 Å². The van der Waals surface area contributed by atoms with E-state index in [1.54, 1.807) is 49.1 Å². The van der Waals surface area contributed by atoms with Crippen molar-refractivity contribution < 1.29 is 22.6 Å². The number of benzene rings is 3. The number of sulfonamides is 1. The summed E-state index contributed by atoms with van der Waals surface area (Å²) in [5, 5.41) is 11.4. The number of hydrogen-bond donors (Lipinski definition) is 1. The average Bonchev–Trinajstić information content (AvgIpc) is 3.42. The minimum Gasteiger partial charge on any atom is -0.497 e. The molecule has 0 bridgehead atoms. The number of aromatic nitrogens is 3. The second-order valence-corrected chi connectivity index (χ2v) is 11.6. The molecule has 0 saturated carbocycles. The molecular weight excluding hydrogens is 530 g/mol. The molecule has 1 aromatic heterocycles. The number of rotatable bonds is 10. The Kier molecular flexibility index (Phi) is 8.22. The van der Waals surface area contributed by atoms with Gasteiger partial charge in [-0.25, -0.2) is 8.42 Å². The zero-order valence-corrected chi connectivity index (χ0v) is 23.6. The van der Waals surface area contributed by atoms with Gasteiger partial charge >= 0.3 is 0 Å². The van der Waals surface area contributed by atoms with Crippen LogP contribution in [-0.4, -0.2) is 54.8 Å². The second-order valence-electron chi connectivity index (χ2n) is 9.66. The second kappa shape index (κ2) is 12.0. The van der Waals surface area contributed by atoms with Gasteiger partial charge in [0, 0.05) is 43.5 Å². The third-order valence-corrected chi connectivity index (χ3v) is 8.93. The third-order valence-electron chi connectivity index (χ3n) is 7.02. The van der Waals surface area contributed by atoms with Crippen molar-refractivity contribution in [2.75, 3.05) is 32.6 Å². The third kappa shape index (κ3) is 6.21. The number of nitrogens with one attached hydrogen (secondary N) is 1. The average molecular weight is 564 g/mol. The molecule has 40 heavy (non-hydrogen) atoms. The van der Waals surface area contributed by atoms with Gasteiger partial charge in [-0.2, -0.15) is 4.31 Å². The summed E-state index contributed by atoms with van der Waals surface area (Å²) >= 11 is 0. The molecule has 210 valence electrons. The number of aryl methyl sites for hydroxylation is 1. The molecule has 1 N–H and O–H groups in total. The summed E-state index contributed by atoms with van der Waals surface area (Å²) in [6, 6.07) is 20.1. The highest BCUT2D eigenvalue weighted by Gasteiger charge is 2.31. The van der Waals surface area contributed by atoms with Crippen molar-refractivity contribution >= 4 is 21.4 Å². The maximum atomic E-state index is 13.2. The fourth-order valence-electron chi connectivity index (χ4n) is 4.79. The summed E-state index contributed by atoms with van der Waals surface area (Å²) in [7, 11) is 1.58. The Labute approximate surface area is 234 Å². The van der Waals surface area contributed by atoms with E-state index in [1.807, 2.05) is 54.1 Å². The van der Waals surface area contributed by atoms with Gasteiger partial charge in [-0.05, 0) is 79.1 Å². The van der Waals surface area contributed by atoms with E-state index in [9.17, 15) is 8.42 Å². The lowest BCUT2D eigenvalue weighted by Crippen LogP contribution is -2.38. The molecule has 0 unspecified atom stereocenters. The molecule has 1 saturated heterocycles. The first kappa shape index (κ1) is 27.5. The van der Waals surface area contributed by atoms with E-state index in [0.29, 0.717) is 31.2 Å². The molecule has 0 atom stereocenters. The van der Waals surface area contributed by atoms with Crippen LogP contribution in [0.15, 0.2) is 78.0 Å². The van der Waals surface area contributed by atoms with Gasteiger partial charge in [0.05, 0.1) is 19.1 Å². The smallest absolute Gasteiger partial charge is 0.243 e. The monoisotopic (exact) mass is 563 g/mol. The summed E-state index contributed by atoms with van der Waals surface area (Å²) in [5.41, 5.74) is 2.58. The summed E-state index contributed by atoms with van der Waals surface area (Å²) in [6.07, 6.45) is 3.12. The minimum atomic E-state index is -3.57. The number of anilines is 2. The number of piperidine rings is 1. The summed E-state index contributed by atoms with van der Waals surface area (Å²) in [6.45, 7) is 1.29.